The smallest absolute Gasteiger partial charge is 0.0444 e. The molecule has 0 aromatic heterocycles. The largest absolute Gasteiger partial charge is 0.377 e. The average molecular weight is 187 g/mol. The van der Waals surface area contributed by atoms with Crippen molar-refractivity contribution in [2.45, 2.75) is 19.8 Å². The third kappa shape index (κ3) is 2.29. The zero-order valence-corrected chi connectivity index (χ0v) is 9.33. The van der Waals surface area contributed by atoms with Crippen LogP contribution in [0.5, 0.6) is 0 Å². The summed E-state index contributed by atoms with van der Waals surface area (Å²) in [7, 11) is 4.12. The van der Waals surface area contributed by atoms with E-state index in [0.29, 0.717) is 5.92 Å². The fourth-order valence-electron chi connectivity index (χ4n) is 1.56. The summed E-state index contributed by atoms with van der Waals surface area (Å²) in [6.07, 6.45) is 0. The fourth-order valence-corrected chi connectivity index (χ4v) is 1.56. The lowest BCUT2D eigenvalue weighted by Gasteiger charge is -2.18. The summed E-state index contributed by atoms with van der Waals surface area (Å²) in [6, 6.07) is 8.40. The summed E-state index contributed by atoms with van der Waals surface area (Å²) in [4.78, 5) is 2.13. The first-order valence-electron chi connectivity index (χ1n) is 4.85. The molecular weight excluding hydrogens is 170 g/mol. The Labute approximate surface area is 86.7 Å². The molecule has 1 rings (SSSR count). The van der Waals surface area contributed by atoms with Gasteiger partial charge < -0.3 is 4.90 Å². The number of para-hydroxylation sites is 1. The third-order valence-corrected chi connectivity index (χ3v) is 2.25. The Hall–Kier alpha value is -1.42. The maximum Gasteiger partial charge on any atom is 0.0444 e. The van der Waals surface area contributed by atoms with Gasteiger partial charge in [0.15, 0.2) is 0 Å². The second-order valence-electron chi connectivity index (χ2n) is 3.57. The van der Waals surface area contributed by atoms with Gasteiger partial charge in [0.2, 0.25) is 0 Å². The van der Waals surface area contributed by atoms with E-state index in [0.717, 1.165) is 0 Å². The van der Waals surface area contributed by atoms with Crippen molar-refractivity contribution in [2.75, 3.05) is 19.0 Å². The lowest BCUT2D eigenvalue weighted by molar-refractivity contribution is 0.978. The van der Waals surface area contributed by atoms with Gasteiger partial charge in [-0.3, -0.25) is 0 Å². The summed E-state index contributed by atoms with van der Waals surface area (Å²) >= 11 is 0. The minimum atomic E-state index is 0.304. The van der Waals surface area contributed by atoms with Crippen LogP contribution < -0.4 is 4.90 Å². The van der Waals surface area contributed by atoms with Crippen molar-refractivity contribution < 1.29 is 0 Å². The van der Waals surface area contributed by atoms with Crippen LogP contribution in [-0.2, 0) is 0 Å². The SMILES string of the molecule is CC#CC(C)c1ccccc1N(C)C. The van der Waals surface area contributed by atoms with Crippen LogP contribution in [0, 0.1) is 11.8 Å². The van der Waals surface area contributed by atoms with E-state index in [2.05, 4.69) is 62.0 Å². The van der Waals surface area contributed by atoms with Gasteiger partial charge in [-0.05, 0) is 25.5 Å². The van der Waals surface area contributed by atoms with E-state index < -0.39 is 0 Å². The number of hydrogen-bond donors (Lipinski definition) is 0. The van der Waals surface area contributed by atoms with Crippen molar-refractivity contribution in [1.82, 2.24) is 0 Å². The Kier molecular flexibility index (Phi) is 3.59. The number of rotatable bonds is 2. The Morgan fingerprint density at radius 1 is 1.21 bits per heavy atom. The molecule has 0 aliphatic heterocycles. The van der Waals surface area contributed by atoms with E-state index in [1.165, 1.54) is 11.3 Å². The van der Waals surface area contributed by atoms with Gasteiger partial charge in [0, 0.05) is 25.7 Å². The Bertz CT molecular complexity index is 355. The van der Waals surface area contributed by atoms with Crippen molar-refractivity contribution in [2.24, 2.45) is 0 Å². The molecule has 0 amide bonds. The molecular formula is C13H17N. The molecule has 0 aliphatic carbocycles. The molecule has 14 heavy (non-hydrogen) atoms. The first kappa shape index (κ1) is 10.7. The van der Waals surface area contributed by atoms with E-state index >= 15 is 0 Å². The highest BCUT2D eigenvalue weighted by Gasteiger charge is 2.08. The molecule has 1 nitrogen and oxygen atoms in total. The van der Waals surface area contributed by atoms with E-state index in [4.69, 9.17) is 0 Å². The molecule has 0 aliphatic rings. The van der Waals surface area contributed by atoms with Crippen LogP contribution in [-0.4, -0.2) is 14.1 Å². The number of hydrogen-bond acceptors (Lipinski definition) is 1. The Morgan fingerprint density at radius 2 is 1.86 bits per heavy atom. The van der Waals surface area contributed by atoms with Crippen molar-refractivity contribution in [3.8, 4) is 11.8 Å². The molecule has 74 valence electrons. The summed E-state index contributed by atoms with van der Waals surface area (Å²) in [5.74, 6) is 6.45. The van der Waals surface area contributed by atoms with Crippen molar-refractivity contribution in [3.05, 3.63) is 29.8 Å². The van der Waals surface area contributed by atoms with Gasteiger partial charge in [-0.1, -0.05) is 24.1 Å². The molecule has 0 N–H and O–H groups in total. The van der Waals surface area contributed by atoms with Gasteiger partial charge in [0.05, 0.1) is 0 Å². The Morgan fingerprint density at radius 3 is 2.43 bits per heavy atom. The number of anilines is 1. The van der Waals surface area contributed by atoms with Crippen LogP contribution in [0.25, 0.3) is 0 Å². The lowest BCUT2D eigenvalue weighted by atomic mass is 9.99. The molecule has 1 unspecified atom stereocenters. The monoisotopic (exact) mass is 187 g/mol. The van der Waals surface area contributed by atoms with Crippen molar-refractivity contribution >= 4 is 5.69 Å². The molecule has 0 bridgehead atoms. The summed E-state index contributed by atoms with van der Waals surface area (Å²) < 4.78 is 0. The van der Waals surface area contributed by atoms with Crippen LogP contribution in [0.3, 0.4) is 0 Å². The van der Waals surface area contributed by atoms with Crippen LogP contribution >= 0.6 is 0 Å². The van der Waals surface area contributed by atoms with Gasteiger partial charge in [-0.15, -0.1) is 5.92 Å². The highest BCUT2D eigenvalue weighted by atomic mass is 15.1. The maximum absolute atomic E-state index is 3.18. The zero-order valence-electron chi connectivity index (χ0n) is 9.33. The predicted octanol–water partition coefficient (Wildman–Crippen LogP) is 2.88. The highest BCUT2D eigenvalue weighted by molar-refractivity contribution is 5.55. The van der Waals surface area contributed by atoms with Crippen LogP contribution in [0.1, 0.15) is 25.3 Å². The molecule has 0 saturated carbocycles. The lowest BCUT2D eigenvalue weighted by Crippen LogP contribution is -2.11. The van der Waals surface area contributed by atoms with Gasteiger partial charge in [-0.25, -0.2) is 0 Å². The van der Waals surface area contributed by atoms with Crippen LogP contribution in [0.2, 0.25) is 0 Å². The predicted molar refractivity (Wildman–Crippen MR) is 62.6 cm³/mol. The first-order chi connectivity index (χ1) is 6.66. The normalized spacial score (nSPS) is 11.4. The van der Waals surface area contributed by atoms with E-state index in [9.17, 15) is 0 Å². The van der Waals surface area contributed by atoms with E-state index in [1.54, 1.807) is 0 Å². The van der Waals surface area contributed by atoms with Gasteiger partial charge in [0.25, 0.3) is 0 Å². The minimum absolute atomic E-state index is 0.304. The standard InChI is InChI=1S/C13H17N/c1-5-8-11(2)12-9-6-7-10-13(12)14(3)4/h6-7,9-11H,1-4H3. The van der Waals surface area contributed by atoms with Gasteiger partial charge in [0.1, 0.15) is 0 Å². The highest BCUT2D eigenvalue weighted by Crippen LogP contribution is 2.25. The fraction of sp³-hybridized carbons (Fsp3) is 0.385. The summed E-state index contributed by atoms with van der Waals surface area (Å²) in [6.45, 7) is 4.02. The van der Waals surface area contributed by atoms with Gasteiger partial charge in [-0.2, -0.15) is 0 Å². The minimum Gasteiger partial charge on any atom is -0.377 e. The van der Waals surface area contributed by atoms with Crippen molar-refractivity contribution in [3.63, 3.8) is 0 Å². The number of nitrogens with zero attached hydrogens (tertiary/aromatic N) is 1. The van der Waals surface area contributed by atoms with E-state index in [-0.39, 0.29) is 0 Å². The third-order valence-electron chi connectivity index (χ3n) is 2.25. The number of benzene rings is 1. The second-order valence-corrected chi connectivity index (χ2v) is 3.57. The average Bonchev–Trinajstić information content (AvgIpc) is 2.18. The molecule has 1 aromatic rings. The maximum atomic E-state index is 3.18. The quantitative estimate of drug-likeness (QED) is 0.643. The molecule has 0 spiro atoms. The zero-order chi connectivity index (χ0) is 10.6. The molecule has 1 atom stereocenters. The molecule has 0 fully saturated rings. The van der Waals surface area contributed by atoms with Crippen LogP contribution in [0.15, 0.2) is 24.3 Å². The molecule has 0 radical (unpaired) electrons. The molecule has 0 heterocycles. The van der Waals surface area contributed by atoms with E-state index in [1.807, 2.05) is 6.92 Å². The topological polar surface area (TPSA) is 3.24 Å². The molecule has 1 aromatic carbocycles. The second kappa shape index (κ2) is 4.72. The van der Waals surface area contributed by atoms with Crippen molar-refractivity contribution in [1.29, 1.82) is 0 Å². The Balaban J connectivity index is 3.10. The van der Waals surface area contributed by atoms with Crippen LogP contribution in [0.4, 0.5) is 5.69 Å². The summed E-state index contributed by atoms with van der Waals surface area (Å²) in [5, 5.41) is 0. The molecule has 1 heteroatoms. The first-order valence-corrected chi connectivity index (χ1v) is 4.85. The summed E-state index contributed by atoms with van der Waals surface area (Å²) in [5.41, 5.74) is 2.55. The van der Waals surface area contributed by atoms with Gasteiger partial charge >= 0.3 is 0 Å². The molecule has 0 saturated heterocycles.